The van der Waals surface area contributed by atoms with E-state index in [0.29, 0.717) is 0 Å². The number of rotatable bonds is 10. The van der Waals surface area contributed by atoms with Gasteiger partial charge in [-0.15, -0.1) is 0 Å². The standard InChI is InChI=1S/C10H25NO2Si/c1-4-11-8-7-9-14-10(12-5-2)13-6-3/h10-11H,4-9,14H2,1-3H3. The van der Waals surface area contributed by atoms with Gasteiger partial charge in [-0.1, -0.05) is 13.0 Å². The first kappa shape index (κ1) is 14.1. The van der Waals surface area contributed by atoms with Crippen LogP contribution >= 0.6 is 0 Å². The Morgan fingerprint density at radius 1 is 1.14 bits per heavy atom. The average molecular weight is 219 g/mol. The molecule has 0 bridgehead atoms. The minimum absolute atomic E-state index is 0.145. The van der Waals surface area contributed by atoms with Crippen LogP contribution in [0.1, 0.15) is 27.2 Å². The zero-order chi connectivity index (χ0) is 10.6. The summed E-state index contributed by atoms with van der Waals surface area (Å²) in [5, 5.41) is 3.33. The highest BCUT2D eigenvalue weighted by molar-refractivity contribution is 6.36. The summed E-state index contributed by atoms with van der Waals surface area (Å²) in [7, 11) is -0.209. The van der Waals surface area contributed by atoms with Gasteiger partial charge < -0.3 is 14.8 Å². The molecule has 0 aliphatic rings. The topological polar surface area (TPSA) is 30.5 Å². The molecule has 4 heteroatoms. The quantitative estimate of drug-likeness (QED) is 0.337. The van der Waals surface area contributed by atoms with Crippen LogP contribution in [0.3, 0.4) is 0 Å². The van der Waals surface area contributed by atoms with Crippen molar-refractivity contribution in [3.63, 3.8) is 0 Å². The molecule has 0 radical (unpaired) electrons. The monoisotopic (exact) mass is 219 g/mol. The lowest BCUT2D eigenvalue weighted by atomic mass is 10.5. The van der Waals surface area contributed by atoms with Crippen molar-refractivity contribution in [1.29, 1.82) is 0 Å². The number of nitrogens with one attached hydrogen (secondary N) is 1. The van der Waals surface area contributed by atoms with Crippen LogP contribution in [0.5, 0.6) is 0 Å². The molecule has 3 nitrogen and oxygen atoms in total. The van der Waals surface area contributed by atoms with Crippen molar-refractivity contribution in [1.82, 2.24) is 5.32 Å². The zero-order valence-electron chi connectivity index (χ0n) is 9.84. The molecule has 0 aliphatic heterocycles. The molecule has 0 heterocycles. The third kappa shape index (κ3) is 8.68. The second-order valence-corrected chi connectivity index (χ2v) is 5.14. The Kier molecular flexibility index (Phi) is 11.3. The van der Waals surface area contributed by atoms with Gasteiger partial charge >= 0.3 is 0 Å². The van der Waals surface area contributed by atoms with Crippen LogP contribution in [0, 0.1) is 0 Å². The van der Waals surface area contributed by atoms with E-state index in [9.17, 15) is 0 Å². The van der Waals surface area contributed by atoms with E-state index < -0.39 is 0 Å². The van der Waals surface area contributed by atoms with Gasteiger partial charge in [-0.25, -0.2) is 0 Å². The van der Waals surface area contributed by atoms with Crippen molar-refractivity contribution in [2.45, 2.75) is 39.1 Å². The van der Waals surface area contributed by atoms with E-state index in [4.69, 9.17) is 9.47 Å². The largest absolute Gasteiger partial charge is 0.357 e. The highest BCUT2D eigenvalue weighted by Gasteiger charge is 2.07. The first-order valence-electron chi connectivity index (χ1n) is 5.79. The van der Waals surface area contributed by atoms with E-state index in [0.717, 1.165) is 26.3 Å². The van der Waals surface area contributed by atoms with E-state index in [1.165, 1.54) is 12.5 Å². The smallest absolute Gasteiger partial charge is 0.134 e. The molecule has 0 fully saturated rings. The molecule has 0 atom stereocenters. The fourth-order valence-electron chi connectivity index (χ4n) is 1.32. The zero-order valence-corrected chi connectivity index (χ0v) is 11.3. The number of hydrogen-bond acceptors (Lipinski definition) is 3. The molecule has 0 aliphatic carbocycles. The maximum Gasteiger partial charge on any atom is 0.134 e. The second-order valence-electron chi connectivity index (χ2n) is 3.19. The molecule has 0 spiro atoms. The Morgan fingerprint density at radius 2 is 1.79 bits per heavy atom. The predicted molar refractivity (Wildman–Crippen MR) is 63.6 cm³/mol. The Balaban J connectivity index is 3.30. The third-order valence-corrected chi connectivity index (χ3v) is 3.85. The molecular formula is C10H25NO2Si. The molecule has 0 saturated carbocycles. The van der Waals surface area contributed by atoms with Crippen LogP contribution < -0.4 is 5.32 Å². The van der Waals surface area contributed by atoms with Crippen LogP contribution in [0.15, 0.2) is 0 Å². The maximum absolute atomic E-state index is 5.51. The highest BCUT2D eigenvalue weighted by Crippen LogP contribution is 1.98. The summed E-state index contributed by atoms with van der Waals surface area (Å²) in [6.45, 7) is 9.94. The normalized spacial score (nSPS) is 12.0. The molecule has 0 amide bonds. The van der Waals surface area contributed by atoms with Gasteiger partial charge in [-0.05, 0) is 33.4 Å². The minimum atomic E-state index is -0.209. The molecule has 1 N–H and O–H groups in total. The molecule has 0 aromatic heterocycles. The van der Waals surface area contributed by atoms with E-state index in [1.54, 1.807) is 0 Å². The fraction of sp³-hybridized carbons (Fsp3) is 1.00. The second kappa shape index (κ2) is 11.2. The van der Waals surface area contributed by atoms with Gasteiger partial charge in [0.05, 0.1) is 9.52 Å². The SMILES string of the molecule is CCNCCC[SiH2]C(OCC)OCC. The van der Waals surface area contributed by atoms with Crippen LogP contribution in [0.25, 0.3) is 0 Å². The van der Waals surface area contributed by atoms with Crippen LogP contribution in [-0.4, -0.2) is 41.7 Å². The molecule has 0 unspecified atom stereocenters. The first-order chi connectivity index (χ1) is 6.85. The Labute approximate surface area is 90.4 Å². The molecular weight excluding hydrogens is 194 g/mol. The van der Waals surface area contributed by atoms with Crippen LogP contribution in [0.4, 0.5) is 0 Å². The lowest BCUT2D eigenvalue weighted by Gasteiger charge is -2.16. The van der Waals surface area contributed by atoms with Crippen molar-refractivity contribution in [3.05, 3.63) is 0 Å². The van der Waals surface area contributed by atoms with Gasteiger partial charge in [0.2, 0.25) is 0 Å². The molecule has 14 heavy (non-hydrogen) atoms. The lowest BCUT2D eigenvalue weighted by Crippen LogP contribution is -2.25. The molecule has 0 rings (SSSR count). The van der Waals surface area contributed by atoms with Gasteiger partial charge in [-0.3, -0.25) is 0 Å². The third-order valence-electron chi connectivity index (χ3n) is 2.00. The predicted octanol–water partition coefficient (Wildman–Crippen LogP) is 0.930. The highest BCUT2D eigenvalue weighted by atomic mass is 28.2. The Bertz CT molecular complexity index is 108. The molecule has 0 aromatic rings. The van der Waals surface area contributed by atoms with Gasteiger partial charge in [0.1, 0.15) is 5.91 Å². The van der Waals surface area contributed by atoms with Crippen molar-refractivity contribution in [2.24, 2.45) is 0 Å². The summed E-state index contributed by atoms with van der Waals surface area (Å²) in [5.41, 5.74) is 0. The number of ether oxygens (including phenoxy) is 2. The van der Waals surface area contributed by atoms with Crippen molar-refractivity contribution >= 4 is 9.52 Å². The summed E-state index contributed by atoms with van der Waals surface area (Å²) in [4.78, 5) is 0. The Hall–Kier alpha value is 0.0969. The van der Waals surface area contributed by atoms with E-state index in [-0.39, 0.29) is 15.4 Å². The lowest BCUT2D eigenvalue weighted by molar-refractivity contribution is -0.0827. The van der Waals surface area contributed by atoms with Crippen LogP contribution in [0.2, 0.25) is 6.04 Å². The molecule has 0 saturated heterocycles. The van der Waals surface area contributed by atoms with Gasteiger partial charge in [0.25, 0.3) is 0 Å². The van der Waals surface area contributed by atoms with Crippen molar-refractivity contribution in [3.8, 4) is 0 Å². The van der Waals surface area contributed by atoms with Crippen LogP contribution in [-0.2, 0) is 9.47 Å². The molecule has 0 aromatic carbocycles. The number of hydrogen-bond donors (Lipinski definition) is 1. The summed E-state index contributed by atoms with van der Waals surface area (Å²) in [6, 6.07) is 1.30. The summed E-state index contributed by atoms with van der Waals surface area (Å²) in [5.74, 6) is 0.145. The van der Waals surface area contributed by atoms with Gasteiger partial charge in [0.15, 0.2) is 0 Å². The summed E-state index contributed by atoms with van der Waals surface area (Å²) in [6.07, 6.45) is 1.26. The van der Waals surface area contributed by atoms with E-state index in [2.05, 4.69) is 12.2 Å². The van der Waals surface area contributed by atoms with Gasteiger partial charge in [-0.2, -0.15) is 0 Å². The maximum atomic E-state index is 5.51. The average Bonchev–Trinajstić information content (AvgIpc) is 2.18. The van der Waals surface area contributed by atoms with E-state index in [1.807, 2.05) is 13.8 Å². The minimum Gasteiger partial charge on any atom is -0.357 e. The summed E-state index contributed by atoms with van der Waals surface area (Å²) < 4.78 is 11.0. The van der Waals surface area contributed by atoms with E-state index >= 15 is 0 Å². The van der Waals surface area contributed by atoms with Crippen molar-refractivity contribution < 1.29 is 9.47 Å². The molecule has 86 valence electrons. The van der Waals surface area contributed by atoms with Crippen molar-refractivity contribution in [2.75, 3.05) is 26.3 Å². The Morgan fingerprint density at radius 3 is 2.29 bits per heavy atom. The fourth-order valence-corrected chi connectivity index (χ4v) is 3.00. The first-order valence-corrected chi connectivity index (χ1v) is 7.60. The van der Waals surface area contributed by atoms with Gasteiger partial charge in [0, 0.05) is 13.2 Å². The summed E-state index contributed by atoms with van der Waals surface area (Å²) >= 11 is 0.